The van der Waals surface area contributed by atoms with Crippen LogP contribution >= 0.6 is 0 Å². The van der Waals surface area contributed by atoms with E-state index in [-0.39, 0.29) is 59.9 Å². The molecule has 0 aromatic carbocycles. The molecule has 0 aromatic heterocycles. The molecule has 3 N–H and O–H groups in total. The third-order valence-corrected chi connectivity index (χ3v) is 15.1. The average Bonchev–Trinajstić information content (AvgIpc) is 3.33. The summed E-state index contributed by atoms with van der Waals surface area (Å²) in [5, 5.41) is 34.0. The summed E-state index contributed by atoms with van der Waals surface area (Å²) in [5.41, 5.74) is 1.72. The molecule has 12 heteroatoms. The molecule has 1 aliphatic carbocycles. The molecule has 5 bridgehead atoms. The number of rotatable bonds is 4. The van der Waals surface area contributed by atoms with Gasteiger partial charge in [-0.05, 0) is 132 Å². The predicted molar refractivity (Wildman–Crippen MR) is 236 cm³/mol. The van der Waals surface area contributed by atoms with E-state index in [9.17, 15) is 34.5 Å². The minimum Gasteiger partial charge on any atom is -0.461 e. The van der Waals surface area contributed by atoms with Gasteiger partial charge in [-0.15, -0.1) is 0 Å². The number of fused-ring (bicyclic) bond motifs is 5. The lowest BCUT2D eigenvalue weighted by Gasteiger charge is -2.43. The maximum Gasteiger partial charge on any atom is 0.329 e. The van der Waals surface area contributed by atoms with E-state index in [1.807, 2.05) is 58.1 Å². The first-order valence-electron chi connectivity index (χ1n) is 23.5. The van der Waals surface area contributed by atoms with Crippen LogP contribution in [0.2, 0.25) is 0 Å². The van der Waals surface area contributed by atoms with Crippen LogP contribution in [-0.4, -0.2) is 113 Å². The van der Waals surface area contributed by atoms with Gasteiger partial charge in [-0.25, -0.2) is 4.79 Å². The Morgan fingerprint density at radius 2 is 1.53 bits per heavy atom. The van der Waals surface area contributed by atoms with Crippen molar-refractivity contribution in [3.8, 4) is 0 Å². The molecule has 12 nitrogen and oxygen atoms in total. The van der Waals surface area contributed by atoms with E-state index >= 15 is 0 Å². The maximum atomic E-state index is 14.3. The van der Waals surface area contributed by atoms with Crippen LogP contribution in [0.25, 0.3) is 0 Å². The van der Waals surface area contributed by atoms with Crippen LogP contribution in [0.15, 0.2) is 47.6 Å². The van der Waals surface area contributed by atoms with E-state index in [0.717, 1.165) is 18.4 Å². The van der Waals surface area contributed by atoms with E-state index in [4.69, 9.17) is 18.9 Å². The number of amides is 1. The summed E-state index contributed by atoms with van der Waals surface area (Å²) in [6.07, 6.45) is 15.3. The summed E-state index contributed by atoms with van der Waals surface area (Å²) in [6.45, 7) is 13.8. The van der Waals surface area contributed by atoms with Crippen molar-refractivity contribution < 1.29 is 53.4 Å². The van der Waals surface area contributed by atoms with Crippen molar-refractivity contribution in [3.05, 3.63) is 47.6 Å². The zero-order chi connectivity index (χ0) is 45.5. The van der Waals surface area contributed by atoms with Gasteiger partial charge in [0.05, 0.1) is 18.3 Å². The summed E-state index contributed by atoms with van der Waals surface area (Å²) in [6, 6.07) is -0.980. The normalized spacial score (nSPS) is 44.1. The van der Waals surface area contributed by atoms with Crippen LogP contribution < -0.4 is 0 Å². The Bertz CT molecular complexity index is 1690. The Kier molecular flexibility index (Phi) is 18.0. The first-order valence-corrected chi connectivity index (χ1v) is 23.5. The molecule has 4 aliphatic heterocycles. The maximum absolute atomic E-state index is 14.3. The van der Waals surface area contributed by atoms with Gasteiger partial charge in [0.25, 0.3) is 11.7 Å². The van der Waals surface area contributed by atoms with Crippen molar-refractivity contribution in [3.63, 3.8) is 0 Å². The number of piperidine rings is 1. The zero-order valence-electron chi connectivity index (χ0n) is 38.9. The summed E-state index contributed by atoms with van der Waals surface area (Å²) < 4.78 is 23.9. The number of hydrogen-bond acceptors (Lipinski definition) is 11. The second-order valence-corrected chi connectivity index (χ2v) is 19.8. The Morgan fingerprint density at radius 1 is 0.790 bits per heavy atom. The lowest BCUT2D eigenvalue weighted by atomic mass is 9.71. The quantitative estimate of drug-likeness (QED) is 0.154. The second-order valence-electron chi connectivity index (χ2n) is 19.8. The van der Waals surface area contributed by atoms with Gasteiger partial charge >= 0.3 is 5.97 Å². The van der Waals surface area contributed by atoms with Crippen molar-refractivity contribution in [1.82, 2.24) is 4.90 Å². The van der Waals surface area contributed by atoms with E-state index in [2.05, 4.69) is 19.9 Å². The minimum absolute atomic E-state index is 0.0248. The fourth-order valence-electron chi connectivity index (χ4n) is 10.9. The third-order valence-electron chi connectivity index (χ3n) is 15.1. The number of esters is 1. The lowest BCUT2D eigenvalue weighted by Crippen LogP contribution is -2.61. The molecule has 4 fully saturated rings. The summed E-state index contributed by atoms with van der Waals surface area (Å²) in [5.74, 6) is -5.62. The number of carbonyl (C=O) groups is 4. The fourth-order valence-corrected chi connectivity index (χ4v) is 10.9. The molecule has 2 unspecified atom stereocenters. The number of ether oxygens (including phenoxy) is 4. The molecule has 3 saturated heterocycles. The van der Waals surface area contributed by atoms with Gasteiger partial charge in [0, 0.05) is 32.6 Å². The van der Waals surface area contributed by atoms with Crippen molar-refractivity contribution in [2.45, 2.75) is 174 Å². The van der Waals surface area contributed by atoms with Gasteiger partial charge in [-0.3, -0.25) is 14.4 Å². The molecule has 0 aromatic rings. The molecule has 62 heavy (non-hydrogen) atoms. The van der Waals surface area contributed by atoms with Crippen LogP contribution in [0.4, 0.5) is 0 Å². The number of allylic oxidation sites excluding steroid dienone is 7. The van der Waals surface area contributed by atoms with Crippen molar-refractivity contribution in [1.29, 1.82) is 0 Å². The molecule has 4 heterocycles. The van der Waals surface area contributed by atoms with Gasteiger partial charge in [0.15, 0.2) is 5.78 Å². The van der Waals surface area contributed by atoms with E-state index in [1.54, 1.807) is 14.0 Å². The predicted octanol–water partition coefficient (Wildman–Crippen LogP) is 6.84. The first-order chi connectivity index (χ1) is 29.4. The Hall–Kier alpha value is -3.00. The number of aliphatic hydroxyl groups is 3. The Balaban J connectivity index is 1.45. The van der Waals surface area contributed by atoms with Gasteiger partial charge in [0.2, 0.25) is 5.79 Å². The zero-order valence-corrected chi connectivity index (χ0v) is 38.9. The molecule has 1 amide bonds. The molecule has 1 saturated carbocycles. The fraction of sp³-hybridized carbons (Fsp3) is 0.760. The van der Waals surface area contributed by atoms with E-state index in [1.165, 1.54) is 12.0 Å². The topological polar surface area (TPSA) is 169 Å². The molecule has 16 atom stereocenters. The Morgan fingerprint density at radius 3 is 2.24 bits per heavy atom. The molecule has 348 valence electrons. The Labute approximate surface area is 370 Å². The molecular formula is C50H77NO11. The van der Waals surface area contributed by atoms with Crippen LogP contribution in [0.5, 0.6) is 0 Å². The number of nitrogens with zero attached hydrogens (tertiary/aromatic N) is 1. The summed E-state index contributed by atoms with van der Waals surface area (Å²) >= 11 is 0. The van der Waals surface area contributed by atoms with Crippen molar-refractivity contribution in [2.75, 3.05) is 20.8 Å². The highest BCUT2D eigenvalue weighted by Crippen LogP contribution is 2.44. The number of aliphatic hydroxyl groups excluding tert-OH is 2. The number of hydrogen-bond donors (Lipinski definition) is 3. The lowest BCUT2D eigenvalue weighted by molar-refractivity contribution is -0.264. The molecule has 5 rings (SSSR count). The standard InChI is InChI=1S/C50H77NO11/c1-29-13-11-10-12-14-31(3)32(4)25-38-18-16-35(7)50(58,62-38)47(55)48(56)51-22-21-37-28-40(51)49(57)61-42(39(37)26-36-17-19-41(52)43(27-36)59-8)20-15-30(2)24-34(6)45(54)46(60-9)44(53)33(5)23-29/h10-14,24,29-30,32-33,35-43,45-46,52,54,58H,15-23,25-28H2,1-9H3/b12-10+,13-11+,31-14+,34-24+/t29-,30+,32?,33-,35-,36+,37+,38+,39?,40+,41-,42+,43-,45-,46+,50-/m1/s1. The number of ketones is 2. The monoisotopic (exact) mass is 868 g/mol. The number of methoxy groups -OCH3 is 2. The van der Waals surface area contributed by atoms with Gasteiger partial charge in [-0.1, -0.05) is 76.6 Å². The first kappa shape index (κ1) is 50.0. The smallest absolute Gasteiger partial charge is 0.329 e. The number of carbonyl (C=O) groups excluding carboxylic acids is 4. The van der Waals surface area contributed by atoms with E-state index in [0.29, 0.717) is 69.8 Å². The third kappa shape index (κ3) is 12.0. The largest absolute Gasteiger partial charge is 0.461 e. The average molecular weight is 868 g/mol. The molecular weight excluding hydrogens is 791 g/mol. The highest BCUT2D eigenvalue weighted by molar-refractivity contribution is 6.39. The van der Waals surface area contributed by atoms with Crippen LogP contribution in [0.3, 0.4) is 0 Å². The van der Waals surface area contributed by atoms with Crippen LogP contribution in [-0.2, 0) is 38.1 Å². The van der Waals surface area contributed by atoms with Crippen LogP contribution in [0.1, 0.15) is 126 Å². The highest BCUT2D eigenvalue weighted by atomic mass is 16.6. The molecule has 0 radical (unpaired) electrons. The minimum atomic E-state index is -2.32. The summed E-state index contributed by atoms with van der Waals surface area (Å²) in [4.78, 5) is 57.6. The van der Waals surface area contributed by atoms with Gasteiger partial charge < -0.3 is 39.2 Å². The van der Waals surface area contributed by atoms with Crippen molar-refractivity contribution >= 4 is 23.4 Å². The molecule has 0 spiro atoms. The SMILES string of the molecule is CO[C@@H]1C[C@H](CC2[C@H]3CCN4C(=O)C(=O)[C@]5(O)O[C@@H](CC[C@H]5C)CC(C)/C(C)=C/C=C/C=C/[C@@H](C)C[C@@H](C)C(=O)[C@H](OC)[C@H](O)/C(C)=C/[C@@H](C)CC[C@@H]2OC(=O)[C@@H]4C3)CC[C@H]1O. The van der Waals surface area contributed by atoms with Gasteiger partial charge in [-0.2, -0.15) is 0 Å². The number of Topliss-reactive ketones (excluding diaryl/α,β-unsaturated/α-hetero) is 2. The molecule has 5 aliphatic rings. The second kappa shape index (κ2) is 22.3. The van der Waals surface area contributed by atoms with E-state index < -0.39 is 65.9 Å². The van der Waals surface area contributed by atoms with Gasteiger partial charge in [0.1, 0.15) is 24.4 Å². The summed E-state index contributed by atoms with van der Waals surface area (Å²) in [7, 11) is 3.08. The van der Waals surface area contributed by atoms with Crippen molar-refractivity contribution in [2.24, 2.45) is 47.3 Å². The highest BCUT2D eigenvalue weighted by Gasteiger charge is 2.55. The van der Waals surface area contributed by atoms with Crippen LogP contribution in [0, 0.1) is 47.3 Å².